The molecule has 0 aliphatic rings. The van der Waals surface area contributed by atoms with Gasteiger partial charge < -0.3 is 9.22 Å². The number of halogens is 1. The maximum atomic E-state index is 11.6. The largest absolute Gasteiger partial charge is 0.496 e. The molecular weight excluding hydrogens is 278 g/mol. The highest BCUT2D eigenvalue weighted by Crippen LogP contribution is 2.22. The Kier molecular flexibility index (Phi) is 5.98. The molecule has 110 valence electrons. The van der Waals surface area contributed by atoms with E-state index in [1.807, 2.05) is 27.2 Å². The van der Waals surface area contributed by atoms with Crippen LogP contribution in [0, 0.1) is 0 Å². The van der Waals surface area contributed by atoms with Gasteiger partial charge >= 0.3 is 0 Å². The van der Waals surface area contributed by atoms with E-state index in [4.69, 9.17) is 16.3 Å². The smallest absolute Gasteiger partial charge is 0.295 e. The molecule has 0 heterocycles. The van der Waals surface area contributed by atoms with Crippen molar-refractivity contribution in [1.29, 1.82) is 0 Å². The molecule has 6 heteroatoms. The average Bonchev–Trinajstić information content (AvgIpc) is 2.33. The Morgan fingerprint density at radius 2 is 2.15 bits per heavy atom. The number of hydrogen-bond donors (Lipinski definition) is 1. The van der Waals surface area contributed by atoms with E-state index in [2.05, 4.69) is 10.5 Å². The van der Waals surface area contributed by atoms with Crippen LogP contribution in [-0.4, -0.2) is 51.4 Å². The number of methoxy groups -OCH3 is 1. The molecule has 0 atom stereocenters. The van der Waals surface area contributed by atoms with Crippen molar-refractivity contribution in [3.63, 3.8) is 0 Å². The Morgan fingerprint density at radius 3 is 2.75 bits per heavy atom. The van der Waals surface area contributed by atoms with E-state index in [0.717, 1.165) is 11.3 Å². The highest BCUT2D eigenvalue weighted by molar-refractivity contribution is 6.30. The van der Waals surface area contributed by atoms with Gasteiger partial charge in [0.25, 0.3) is 5.91 Å². The first-order valence-corrected chi connectivity index (χ1v) is 6.63. The van der Waals surface area contributed by atoms with Crippen LogP contribution in [0.15, 0.2) is 23.3 Å². The summed E-state index contributed by atoms with van der Waals surface area (Å²) in [6.07, 6.45) is 2.16. The summed E-state index contributed by atoms with van der Waals surface area (Å²) in [7, 11) is 7.44. The first-order valence-electron chi connectivity index (χ1n) is 6.25. The average molecular weight is 299 g/mol. The molecule has 0 radical (unpaired) electrons. The molecule has 0 bridgehead atoms. The molecule has 0 saturated heterocycles. The van der Waals surface area contributed by atoms with Gasteiger partial charge in [0.05, 0.1) is 28.3 Å². The Labute approximate surface area is 124 Å². The third kappa shape index (κ3) is 6.04. The lowest BCUT2D eigenvalue weighted by molar-refractivity contribution is -0.862. The van der Waals surface area contributed by atoms with E-state index in [-0.39, 0.29) is 5.91 Å². The number of ether oxygens (including phenoxy) is 1. The molecule has 0 spiro atoms. The minimum atomic E-state index is -0.119. The molecule has 5 nitrogen and oxygen atoms in total. The highest BCUT2D eigenvalue weighted by atomic mass is 35.5. The second-order valence-electron chi connectivity index (χ2n) is 5.46. The molecule has 0 aromatic heterocycles. The number of hydrogen-bond acceptors (Lipinski definition) is 3. The van der Waals surface area contributed by atoms with Gasteiger partial charge in [0.2, 0.25) is 0 Å². The fourth-order valence-electron chi connectivity index (χ4n) is 1.63. The van der Waals surface area contributed by atoms with E-state index in [1.54, 1.807) is 25.5 Å². The Balaban J connectivity index is 2.53. The third-order valence-corrected chi connectivity index (χ3v) is 2.69. The van der Waals surface area contributed by atoms with Crippen LogP contribution in [0.3, 0.4) is 0 Å². The molecule has 1 rings (SSSR count). The monoisotopic (exact) mass is 298 g/mol. The predicted molar refractivity (Wildman–Crippen MR) is 81.2 cm³/mol. The number of hydrazone groups is 1. The minimum Gasteiger partial charge on any atom is -0.496 e. The number of amides is 1. The van der Waals surface area contributed by atoms with Gasteiger partial charge in [-0.1, -0.05) is 11.6 Å². The van der Waals surface area contributed by atoms with Crippen LogP contribution in [0.25, 0.3) is 0 Å². The maximum Gasteiger partial charge on any atom is 0.295 e. The van der Waals surface area contributed by atoms with Gasteiger partial charge in [0.15, 0.2) is 6.54 Å². The van der Waals surface area contributed by atoms with Crippen LogP contribution in [0.4, 0.5) is 0 Å². The first kappa shape index (κ1) is 16.5. The normalized spacial score (nSPS) is 11.7. The molecule has 1 amide bonds. The van der Waals surface area contributed by atoms with E-state index in [1.165, 1.54) is 0 Å². The number of nitrogens with zero attached hydrogens (tertiary/aromatic N) is 2. The van der Waals surface area contributed by atoms with Crippen LogP contribution in [0.2, 0.25) is 5.02 Å². The molecule has 0 unspecified atom stereocenters. The zero-order valence-corrected chi connectivity index (χ0v) is 13.1. The molecule has 0 fully saturated rings. The minimum absolute atomic E-state index is 0.119. The van der Waals surface area contributed by atoms with Gasteiger partial charge in [-0.05, 0) is 18.2 Å². The zero-order valence-electron chi connectivity index (χ0n) is 12.3. The SMILES string of the molecule is COc1ccc(Cl)cc1CC=NNC(=O)C[N+](C)(C)C. The van der Waals surface area contributed by atoms with Gasteiger partial charge in [0, 0.05) is 23.2 Å². The highest BCUT2D eigenvalue weighted by Gasteiger charge is 2.13. The van der Waals surface area contributed by atoms with Crippen molar-refractivity contribution in [1.82, 2.24) is 5.43 Å². The lowest BCUT2D eigenvalue weighted by atomic mass is 10.1. The molecule has 1 aromatic carbocycles. The number of quaternary nitrogens is 1. The van der Waals surface area contributed by atoms with Gasteiger partial charge in [-0.3, -0.25) is 4.79 Å². The number of nitrogens with one attached hydrogen (secondary N) is 1. The molecule has 0 saturated carbocycles. The summed E-state index contributed by atoms with van der Waals surface area (Å²) in [5, 5.41) is 4.56. The zero-order chi connectivity index (χ0) is 15.2. The number of rotatable bonds is 6. The van der Waals surface area contributed by atoms with Crippen molar-refractivity contribution >= 4 is 23.7 Å². The van der Waals surface area contributed by atoms with E-state index >= 15 is 0 Å². The first-order chi connectivity index (χ1) is 9.31. The molecular formula is C14H21ClN3O2+. The van der Waals surface area contributed by atoms with Gasteiger partial charge in [-0.25, -0.2) is 5.43 Å². The standard InChI is InChI=1S/C14H20ClN3O2/c1-18(2,3)10-14(19)17-16-8-7-11-9-12(15)5-6-13(11)20-4/h5-6,8-9H,7,10H2,1-4H3/p+1. The van der Waals surface area contributed by atoms with Gasteiger partial charge in [-0.15, -0.1) is 0 Å². The third-order valence-electron chi connectivity index (χ3n) is 2.45. The number of carbonyl (C=O) groups is 1. The quantitative estimate of drug-likeness (QED) is 0.494. The van der Waals surface area contributed by atoms with Crippen molar-refractivity contribution in [2.45, 2.75) is 6.42 Å². The Bertz CT molecular complexity index is 496. The lowest BCUT2D eigenvalue weighted by Gasteiger charge is -2.21. The second kappa shape index (κ2) is 7.26. The number of benzene rings is 1. The van der Waals surface area contributed by atoms with Crippen LogP contribution < -0.4 is 10.2 Å². The summed E-state index contributed by atoms with van der Waals surface area (Å²) >= 11 is 5.94. The summed E-state index contributed by atoms with van der Waals surface area (Å²) in [4.78, 5) is 11.6. The lowest BCUT2D eigenvalue weighted by Crippen LogP contribution is -2.43. The van der Waals surface area contributed by atoms with E-state index in [0.29, 0.717) is 22.5 Å². The summed E-state index contributed by atoms with van der Waals surface area (Å²) < 4.78 is 5.79. The van der Waals surface area contributed by atoms with Crippen molar-refractivity contribution in [2.24, 2.45) is 5.10 Å². The van der Waals surface area contributed by atoms with Gasteiger partial charge in [0.1, 0.15) is 5.75 Å². The van der Waals surface area contributed by atoms with Crippen molar-refractivity contribution in [3.05, 3.63) is 28.8 Å². The van der Waals surface area contributed by atoms with Crippen molar-refractivity contribution in [2.75, 3.05) is 34.8 Å². The molecule has 1 N–H and O–H groups in total. The second-order valence-corrected chi connectivity index (χ2v) is 5.89. The van der Waals surface area contributed by atoms with Crippen LogP contribution in [0.5, 0.6) is 5.75 Å². The Morgan fingerprint density at radius 1 is 1.45 bits per heavy atom. The number of carbonyl (C=O) groups excluding carboxylic acids is 1. The molecule has 0 aliphatic heterocycles. The molecule has 1 aromatic rings. The van der Waals surface area contributed by atoms with E-state index in [9.17, 15) is 4.79 Å². The fraction of sp³-hybridized carbons (Fsp3) is 0.429. The summed E-state index contributed by atoms with van der Waals surface area (Å²) in [6, 6.07) is 5.39. The van der Waals surface area contributed by atoms with Crippen LogP contribution in [-0.2, 0) is 11.2 Å². The predicted octanol–water partition coefficient (Wildman–Crippen LogP) is 1.70. The van der Waals surface area contributed by atoms with Gasteiger partial charge in [-0.2, -0.15) is 5.10 Å². The maximum absolute atomic E-state index is 11.6. The van der Waals surface area contributed by atoms with Crippen LogP contribution in [0.1, 0.15) is 5.56 Å². The summed E-state index contributed by atoms with van der Waals surface area (Å²) in [5.74, 6) is 0.630. The summed E-state index contributed by atoms with van der Waals surface area (Å²) in [6.45, 7) is 0.373. The number of likely N-dealkylation sites (N-methyl/N-ethyl adjacent to an activating group) is 1. The molecule has 0 aliphatic carbocycles. The van der Waals surface area contributed by atoms with Crippen LogP contribution >= 0.6 is 11.6 Å². The van der Waals surface area contributed by atoms with Crippen molar-refractivity contribution in [3.8, 4) is 5.75 Å². The van der Waals surface area contributed by atoms with E-state index < -0.39 is 0 Å². The van der Waals surface area contributed by atoms with Crippen molar-refractivity contribution < 1.29 is 14.0 Å². The molecule has 20 heavy (non-hydrogen) atoms. The topological polar surface area (TPSA) is 50.7 Å². The summed E-state index contributed by atoms with van der Waals surface area (Å²) in [5.41, 5.74) is 3.42. The Hall–Kier alpha value is -1.59. The fourth-order valence-corrected chi connectivity index (χ4v) is 1.83.